The lowest BCUT2D eigenvalue weighted by Crippen LogP contribution is -1.83. The molecule has 0 N–H and O–H groups in total. The minimum atomic E-state index is -0.889. The van der Waals surface area contributed by atoms with Crippen molar-refractivity contribution in [3.05, 3.63) is 29.3 Å². The van der Waals surface area contributed by atoms with Crippen LogP contribution in [0.3, 0.4) is 0 Å². The van der Waals surface area contributed by atoms with Crippen LogP contribution in [0, 0.1) is 17.1 Å². The highest BCUT2D eigenvalue weighted by Gasteiger charge is 2.08. The molecule has 0 aliphatic carbocycles. The van der Waals surface area contributed by atoms with Crippen LogP contribution in [-0.2, 0) is 0 Å². The van der Waals surface area contributed by atoms with E-state index < -0.39 is 11.6 Å². The third-order valence-electron chi connectivity index (χ3n) is 1.35. The molecule has 0 aliphatic rings. The zero-order valence-corrected chi connectivity index (χ0v) is 6.08. The molecule has 0 amide bonds. The molecule has 1 radical (unpaired) electrons. The lowest BCUT2D eigenvalue weighted by molar-refractivity contribution is 0.515. The number of benzene rings is 1. The van der Waals surface area contributed by atoms with Crippen LogP contribution in [0.5, 0.6) is 0 Å². The van der Waals surface area contributed by atoms with Crippen LogP contribution < -0.4 is 0 Å². The highest BCUT2D eigenvalue weighted by Crippen LogP contribution is 2.21. The number of nitrogens with zero attached hydrogens (tertiary/aromatic N) is 1. The lowest BCUT2D eigenvalue weighted by Gasteiger charge is -1.90. The van der Waals surface area contributed by atoms with Gasteiger partial charge in [0.05, 0.1) is 4.70 Å². The molecule has 0 aliphatic heterocycles. The Labute approximate surface area is 65.3 Å². The molecule has 55 valence electrons. The first-order chi connectivity index (χ1) is 5.29. The molecule has 0 atom stereocenters. The number of rotatable bonds is 0. The van der Waals surface area contributed by atoms with Gasteiger partial charge in [0.2, 0.25) is 0 Å². The molecule has 1 aromatic heterocycles. The Balaban J connectivity index is 2.93. The van der Waals surface area contributed by atoms with Crippen LogP contribution in [0.2, 0.25) is 0 Å². The summed E-state index contributed by atoms with van der Waals surface area (Å²) in [4.78, 5) is 3.56. The first-order valence-electron chi connectivity index (χ1n) is 2.89. The van der Waals surface area contributed by atoms with E-state index in [9.17, 15) is 8.78 Å². The van der Waals surface area contributed by atoms with E-state index in [2.05, 4.69) is 10.5 Å². The van der Waals surface area contributed by atoms with Gasteiger partial charge in [-0.25, -0.2) is 13.8 Å². The second-order valence-electron chi connectivity index (χ2n) is 2.01. The van der Waals surface area contributed by atoms with Gasteiger partial charge in [-0.3, -0.25) is 0 Å². The second-order valence-corrected chi connectivity index (χ2v) is 2.84. The van der Waals surface area contributed by atoms with E-state index in [1.165, 1.54) is 17.4 Å². The largest absolute Gasteiger partial charge is 0.230 e. The summed E-state index contributed by atoms with van der Waals surface area (Å²) >= 11 is 1.17. The van der Waals surface area contributed by atoms with Crippen molar-refractivity contribution in [2.75, 3.05) is 0 Å². The maximum atomic E-state index is 12.8. The van der Waals surface area contributed by atoms with Gasteiger partial charge in [0.1, 0.15) is 5.52 Å². The maximum absolute atomic E-state index is 12.8. The van der Waals surface area contributed by atoms with E-state index in [0.29, 0.717) is 4.70 Å². The molecule has 4 heteroatoms. The van der Waals surface area contributed by atoms with Crippen molar-refractivity contribution < 1.29 is 8.78 Å². The molecule has 0 spiro atoms. The molecule has 0 bridgehead atoms. The number of thiazole rings is 1. The fraction of sp³-hybridized carbons (Fsp3) is 0. The summed E-state index contributed by atoms with van der Waals surface area (Å²) in [6.07, 6.45) is 0. The fourth-order valence-electron chi connectivity index (χ4n) is 0.826. The average molecular weight is 170 g/mol. The van der Waals surface area contributed by atoms with Crippen LogP contribution in [0.15, 0.2) is 12.1 Å². The molecule has 1 nitrogen and oxygen atoms in total. The smallest absolute Gasteiger partial charge is 0.185 e. The van der Waals surface area contributed by atoms with Crippen molar-refractivity contribution >= 4 is 21.6 Å². The molecule has 0 saturated heterocycles. The number of hydrogen-bond donors (Lipinski definition) is 0. The molecular formula is C7H2F2NS. The molecular weight excluding hydrogens is 168 g/mol. The predicted octanol–water partition coefficient (Wildman–Crippen LogP) is 2.37. The first kappa shape index (κ1) is 6.67. The molecule has 0 unspecified atom stereocenters. The number of halogens is 2. The Morgan fingerprint density at radius 1 is 1.36 bits per heavy atom. The Hall–Kier alpha value is -1.03. The third kappa shape index (κ3) is 0.903. The van der Waals surface area contributed by atoms with E-state index in [1.807, 2.05) is 0 Å². The van der Waals surface area contributed by atoms with Gasteiger partial charge in [0.25, 0.3) is 0 Å². The van der Waals surface area contributed by atoms with E-state index in [1.54, 1.807) is 0 Å². The molecule has 2 aromatic rings. The van der Waals surface area contributed by atoms with Crippen molar-refractivity contribution in [2.45, 2.75) is 0 Å². The summed E-state index contributed by atoms with van der Waals surface area (Å²) in [6.45, 7) is 0. The minimum Gasteiger partial charge on any atom is -0.230 e. The highest BCUT2D eigenvalue weighted by atomic mass is 32.1. The van der Waals surface area contributed by atoms with E-state index >= 15 is 0 Å². The normalized spacial score (nSPS) is 10.7. The number of aromatic nitrogens is 1. The van der Waals surface area contributed by atoms with Crippen LogP contribution in [0.25, 0.3) is 10.2 Å². The van der Waals surface area contributed by atoms with E-state index in [4.69, 9.17) is 0 Å². The molecule has 2 rings (SSSR count). The third-order valence-corrected chi connectivity index (χ3v) is 2.08. The molecule has 0 saturated carbocycles. The van der Waals surface area contributed by atoms with Gasteiger partial charge in [0, 0.05) is 0 Å². The second kappa shape index (κ2) is 2.23. The summed E-state index contributed by atoms with van der Waals surface area (Å²) < 4.78 is 25.9. The predicted molar refractivity (Wildman–Crippen MR) is 38.4 cm³/mol. The Morgan fingerprint density at radius 3 is 3.00 bits per heavy atom. The zero-order chi connectivity index (χ0) is 7.84. The van der Waals surface area contributed by atoms with E-state index in [-0.39, 0.29) is 5.52 Å². The topological polar surface area (TPSA) is 12.9 Å². The van der Waals surface area contributed by atoms with Crippen molar-refractivity contribution in [2.24, 2.45) is 0 Å². The molecule has 0 fully saturated rings. The fourth-order valence-corrected chi connectivity index (χ4v) is 1.43. The van der Waals surface area contributed by atoms with E-state index in [0.717, 1.165) is 6.07 Å². The van der Waals surface area contributed by atoms with Gasteiger partial charge in [-0.05, 0) is 12.1 Å². The monoisotopic (exact) mass is 170 g/mol. The lowest BCUT2D eigenvalue weighted by atomic mass is 10.3. The van der Waals surface area contributed by atoms with Gasteiger partial charge >= 0.3 is 0 Å². The summed E-state index contributed by atoms with van der Waals surface area (Å²) in [5.41, 5.74) is 2.56. The minimum absolute atomic E-state index is 0.0648. The van der Waals surface area contributed by atoms with Gasteiger partial charge in [0.15, 0.2) is 17.1 Å². The molecule has 1 heterocycles. The van der Waals surface area contributed by atoms with Crippen LogP contribution in [0.1, 0.15) is 0 Å². The van der Waals surface area contributed by atoms with Crippen molar-refractivity contribution in [1.82, 2.24) is 4.98 Å². The Bertz CT molecular complexity index is 396. The summed E-state index contributed by atoms with van der Waals surface area (Å²) in [5.74, 6) is -1.75. The Kier molecular flexibility index (Phi) is 1.35. The quantitative estimate of drug-likeness (QED) is 0.591. The summed E-state index contributed by atoms with van der Waals surface area (Å²) in [5, 5.41) is 0. The van der Waals surface area contributed by atoms with Gasteiger partial charge in [-0.15, -0.1) is 11.3 Å². The van der Waals surface area contributed by atoms with Gasteiger partial charge < -0.3 is 0 Å². The van der Waals surface area contributed by atoms with Crippen molar-refractivity contribution in [3.8, 4) is 0 Å². The zero-order valence-electron chi connectivity index (χ0n) is 5.27. The molecule has 11 heavy (non-hydrogen) atoms. The number of fused-ring (bicyclic) bond motifs is 1. The van der Waals surface area contributed by atoms with Crippen LogP contribution in [0.4, 0.5) is 8.78 Å². The van der Waals surface area contributed by atoms with Gasteiger partial charge in [-0.2, -0.15) is 0 Å². The van der Waals surface area contributed by atoms with Crippen molar-refractivity contribution in [3.63, 3.8) is 0 Å². The SMILES string of the molecule is Fc1ccc2s[c]nc2c1F. The summed E-state index contributed by atoms with van der Waals surface area (Å²) in [6, 6.07) is 2.58. The van der Waals surface area contributed by atoms with Gasteiger partial charge in [-0.1, -0.05) is 0 Å². The summed E-state index contributed by atoms with van der Waals surface area (Å²) in [7, 11) is 0. The van der Waals surface area contributed by atoms with Crippen LogP contribution in [-0.4, -0.2) is 4.98 Å². The van der Waals surface area contributed by atoms with Crippen LogP contribution >= 0.6 is 11.3 Å². The first-order valence-corrected chi connectivity index (χ1v) is 3.71. The standard InChI is InChI=1S/C7H2F2NS/c8-4-1-2-5-7(6(4)9)10-3-11-5/h1-2H. The van der Waals surface area contributed by atoms with Crippen molar-refractivity contribution in [1.29, 1.82) is 0 Å². The average Bonchev–Trinajstić information content (AvgIpc) is 2.45. The highest BCUT2D eigenvalue weighted by molar-refractivity contribution is 7.16. The number of hydrogen-bond acceptors (Lipinski definition) is 2. The molecule has 1 aromatic carbocycles. The maximum Gasteiger partial charge on any atom is 0.185 e. The Morgan fingerprint density at radius 2 is 2.18 bits per heavy atom.